The number of hydrogen-bond donors (Lipinski definition) is 1. The third kappa shape index (κ3) is 5.93. The molecule has 1 unspecified atom stereocenters. The summed E-state index contributed by atoms with van der Waals surface area (Å²) in [7, 11) is 4.12. The van der Waals surface area contributed by atoms with Crippen molar-refractivity contribution in [2.24, 2.45) is 12.0 Å². The van der Waals surface area contributed by atoms with E-state index in [9.17, 15) is 0 Å². The quantitative estimate of drug-likeness (QED) is 0.341. The minimum absolute atomic E-state index is 0. The fourth-order valence-corrected chi connectivity index (χ4v) is 5.58. The lowest BCUT2D eigenvalue weighted by atomic mass is 9.96. The van der Waals surface area contributed by atoms with Crippen molar-refractivity contribution < 1.29 is 4.74 Å². The number of rotatable bonds is 6. The van der Waals surface area contributed by atoms with Crippen molar-refractivity contribution in [1.82, 2.24) is 19.7 Å². The van der Waals surface area contributed by atoms with Gasteiger partial charge in [0.05, 0.1) is 36.9 Å². The molecule has 0 aromatic carbocycles. The van der Waals surface area contributed by atoms with Gasteiger partial charge in [0.1, 0.15) is 0 Å². The number of aliphatic imine (C=N–C) groups is 1. The third-order valence-corrected chi connectivity index (χ3v) is 6.90. The van der Waals surface area contributed by atoms with E-state index < -0.39 is 0 Å². The molecule has 0 spiro atoms. The summed E-state index contributed by atoms with van der Waals surface area (Å²) in [6, 6.07) is 2.02. The molecular weight excluding hydrogens is 509 g/mol. The molecule has 2 fully saturated rings. The van der Waals surface area contributed by atoms with Gasteiger partial charge in [-0.05, 0) is 25.2 Å². The van der Waals surface area contributed by atoms with Crippen LogP contribution >= 0.6 is 47.3 Å². The molecule has 28 heavy (non-hydrogen) atoms. The van der Waals surface area contributed by atoms with Crippen molar-refractivity contribution >= 4 is 53.3 Å². The van der Waals surface area contributed by atoms with Gasteiger partial charge in [-0.2, -0.15) is 11.8 Å². The number of thioether (sulfide) groups is 1. The number of morpholine rings is 1. The Kier molecular flexibility index (Phi) is 9.72. The lowest BCUT2D eigenvalue weighted by Crippen LogP contribution is -2.56. The van der Waals surface area contributed by atoms with Crippen LogP contribution in [0.25, 0.3) is 0 Å². The molecule has 0 saturated carbocycles. The van der Waals surface area contributed by atoms with Crippen molar-refractivity contribution in [1.29, 1.82) is 0 Å². The van der Waals surface area contributed by atoms with E-state index in [0.717, 1.165) is 62.7 Å². The molecule has 1 N–H and O–H groups in total. The SMILES string of the molecule is CCNC(=NCC1(N2CCOCC2)CCSC1)N(C)Cc1cc(Cl)cn1C.I. The van der Waals surface area contributed by atoms with E-state index >= 15 is 0 Å². The number of hydrogen-bond acceptors (Lipinski definition) is 4. The molecule has 2 aliphatic heterocycles. The first-order valence-electron chi connectivity index (χ1n) is 9.75. The highest BCUT2D eigenvalue weighted by atomic mass is 127. The van der Waals surface area contributed by atoms with Gasteiger partial charge in [0.25, 0.3) is 0 Å². The van der Waals surface area contributed by atoms with Crippen molar-refractivity contribution in [3.63, 3.8) is 0 Å². The third-order valence-electron chi connectivity index (χ3n) is 5.46. The first-order valence-corrected chi connectivity index (χ1v) is 11.3. The van der Waals surface area contributed by atoms with E-state index in [1.807, 2.05) is 19.3 Å². The van der Waals surface area contributed by atoms with Gasteiger partial charge >= 0.3 is 0 Å². The van der Waals surface area contributed by atoms with Gasteiger partial charge in [-0.3, -0.25) is 9.89 Å². The molecule has 0 radical (unpaired) electrons. The van der Waals surface area contributed by atoms with E-state index in [1.54, 1.807) is 0 Å². The topological polar surface area (TPSA) is 45.0 Å². The molecule has 9 heteroatoms. The van der Waals surface area contributed by atoms with Crippen LogP contribution in [0.2, 0.25) is 5.02 Å². The molecule has 0 aliphatic carbocycles. The lowest BCUT2D eigenvalue weighted by Gasteiger charge is -2.42. The number of aryl methyl sites for hydroxylation is 1. The second-order valence-electron chi connectivity index (χ2n) is 7.41. The Morgan fingerprint density at radius 1 is 1.43 bits per heavy atom. The minimum Gasteiger partial charge on any atom is -0.379 e. The highest BCUT2D eigenvalue weighted by Crippen LogP contribution is 2.34. The van der Waals surface area contributed by atoms with Crippen LogP contribution in [-0.4, -0.2) is 83.8 Å². The van der Waals surface area contributed by atoms with Crippen LogP contribution in [0.5, 0.6) is 0 Å². The zero-order valence-electron chi connectivity index (χ0n) is 17.1. The van der Waals surface area contributed by atoms with Gasteiger partial charge in [0.2, 0.25) is 0 Å². The number of nitrogens with one attached hydrogen (secondary N) is 1. The van der Waals surface area contributed by atoms with Crippen molar-refractivity contribution in [3.05, 3.63) is 23.0 Å². The Hall–Kier alpha value is -0.160. The summed E-state index contributed by atoms with van der Waals surface area (Å²) in [5.41, 5.74) is 1.34. The molecule has 2 aliphatic rings. The highest BCUT2D eigenvalue weighted by Gasteiger charge is 2.40. The summed E-state index contributed by atoms with van der Waals surface area (Å²) < 4.78 is 7.64. The van der Waals surface area contributed by atoms with Gasteiger partial charge in [-0.1, -0.05) is 11.6 Å². The van der Waals surface area contributed by atoms with Crippen LogP contribution in [0.3, 0.4) is 0 Å². The fourth-order valence-electron chi connectivity index (χ4n) is 3.84. The zero-order valence-corrected chi connectivity index (χ0v) is 21.0. The van der Waals surface area contributed by atoms with E-state index in [-0.39, 0.29) is 29.5 Å². The predicted molar refractivity (Wildman–Crippen MR) is 130 cm³/mol. The number of aromatic nitrogens is 1. The highest BCUT2D eigenvalue weighted by molar-refractivity contribution is 14.0. The van der Waals surface area contributed by atoms with Gasteiger partial charge in [-0.25, -0.2) is 0 Å². The summed E-state index contributed by atoms with van der Waals surface area (Å²) in [6.45, 7) is 8.29. The monoisotopic (exact) mass is 541 g/mol. The van der Waals surface area contributed by atoms with E-state index in [1.165, 1.54) is 17.9 Å². The number of halogens is 2. The van der Waals surface area contributed by atoms with Crippen molar-refractivity contribution in [3.8, 4) is 0 Å². The first-order chi connectivity index (χ1) is 13.0. The number of guanidine groups is 1. The summed E-state index contributed by atoms with van der Waals surface area (Å²) in [4.78, 5) is 9.87. The van der Waals surface area contributed by atoms with Crippen LogP contribution in [-0.2, 0) is 18.3 Å². The smallest absolute Gasteiger partial charge is 0.194 e. The van der Waals surface area contributed by atoms with E-state index in [0.29, 0.717) is 0 Å². The summed E-state index contributed by atoms with van der Waals surface area (Å²) in [6.07, 6.45) is 3.15. The predicted octanol–water partition coefficient (Wildman–Crippen LogP) is 2.90. The van der Waals surface area contributed by atoms with E-state index in [2.05, 4.69) is 45.4 Å². The Morgan fingerprint density at radius 3 is 2.75 bits per heavy atom. The Morgan fingerprint density at radius 2 is 2.18 bits per heavy atom. The molecule has 0 bridgehead atoms. The summed E-state index contributed by atoms with van der Waals surface area (Å²) in [5, 5.41) is 4.23. The molecule has 1 atom stereocenters. The standard InChI is InChI=1S/C19H32ClN5OS.HI/c1-4-21-18(24(3)13-17-11-16(20)12-23(17)2)22-14-19(5-10-27-15-19)25-6-8-26-9-7-25;/h11-12H,4-10,13-15H2,1-3H3,(H,21,22);1H. The van der Waals surface area contributed by atoms with Gasteiger partial charge in [-0.15, -0.1) is 24.0 Å². The Balaban J connectivity index is 0.00000280. The second kappa shape index (κ2) is 11.3. The summed E-state index contributed by atoms with van der Waals surface area (Å²) >= 11 is 8.19. The molecule has 2 saturated heterocycles. The molecule has 6 nitrogen and oxygen atoms in total. The molecule has 1 aromatic rings. The molecular formula is C19H33ClIN5OS. The largest absolute Gasteiger partial charge is 0.379 e. The molecule has 3 heterocycles. The van der Waals surface area contributed by atoms with Crippen molar-refractivity contribution in [2.45, 2.75) is 25.4 Å². The molecule has 0 amide bonds. The van der Waals surface area contributed by atoms with E-state index in [4.69, 9.17) is 21.3 Å². The molecule has 160 valence electrons. The van der Waals surface area contributed by atoms with Crippen LogP contribution < -0.4 is 5.32 Å². The maximum atomic E-state index is 6.14. The maximum absolute atomic E-state index is 6.14. The number of nitrogens with zero attached hydrogens (tertiary/aromatic N) is 4. The van der Waals surface area contributed by atoms with Crippen LogP contribution in [0, 0.1) is 0 Å². The van der Waals surface area contributed by atoms with Gasteiger partial charge < -0.3 is 19.5 Å². The normalized spacial score (nSPS) is 23.5. The lowest BCUT2D eigenvalue weighted by molar-refractivity contribution is -0.0105. The van der Waals surface area contributed by atoms with Crippen LogP contribution in [0.1, 0.15) is 19.0 Å². The fraction of sp³-hybridized carbons (Fsp3) is 0.737. The maximum Gasteiger partial charge on any atom is 0.194 e. The van der Waals surface area contributed by atoms with Crippen LogP contribution in [0.4, 0.5) is 0 Å². The van der Waals surface area contributed by atoms with Gasteiger partial charge in [0, 0.05) is 51.4 Å². The second-order valence-corrected chi connectivity index (χ2v) is 8.95. The minimum atomic E-state index is 0. The summed E-state index contributed by atoms with van der Waals surface area (Å²) in [5.74, 6) is 3.34. The first kappa shape index (κ1) is 24.1. The molecule has 1 aromatic heterocycles. The van der Waals surface area contributed by atoms with Gasteiger partial charge in [0.15, 0.2) is 5.96 Å². The average molecular weight is 542 g/mol. The zero-order chi connectivity index (χ0) is 19.3. The van der Waals surface area contributed by atoms with Crippen LogP contribution in [0.15, 0.2) is 17.3 Å². The van der Waals surface area contributed by atoms with Crippen molar-refractivity contribution in [2.75, 3.05) is 57.9 Å². The molecule has 3 rings (SSSR count). The Labute approximate surface area is 195 Å². The number of ether oxygens (including phenoxy) is 1. The average Bonchev–Trinajstić information content (AvgIpc) is 3.26. The Bertz CT molecular complexity index is 644.